The monoisotopic (exact) mass is 288 g/mol. The summed E-state index contributed by atoms with van der Waals surface area (Å²) in [4.78, 5) is 4.06. The molecule has 0 aliphatic heterocycles. The van der Waals surface area contributed by atoms with Crippen molar-refractivity contribution in [2.45, 2.75) is 32.7 Å². The molecule has 1 atom stereocenters. The van der Waals surface area contributed by atoms with E-state index in [9.17, 15) is 0 Å². The van der Waals surface area contributed by atoms with Gasteiger partial charge in [-0.2, -0.15) is 0 Å². The fourth-order valence-electron chi connectivity index (χ4n) is 2.39. The van der Waals surface area contributed by atoms with Gasteiger partial charge in [-0.05, 0) is 61.2 Å². The molecule has 1 heterocycles. The third-order valence-corrected chi connectivity index (χ3v) is 3.75. The molecule has 1 N–H and O–H groups in total. The molecule has 106 valence electrons. The minimum atomic E-state index is 0.391. The van der Waals surface area contributed by atoms with E-state index in [2.05, 4.69) is 48.4 Å². The van der Waals surface area contributed by atoms with Crippen molar-refractivity contribution in [1.29, 1.82) is 0 Å². The van der Waals surface area contributed by atoms with E-state index in [0.29, 0.717) is 6.04 Å². The first-order valence-corrected chi connectivity index (χ1v) is 7.44. The van der Waals surface area contributed by atoms with Crippen molar-refractivity contribution in [2.24, 2.45) is 0 Å². The van der Waals surface area contributed by atoms with Crippen LogP contribution in [0.5, 0.6) is 0 Å². The molecule has 1 aromatic heterocycles. The van der Waals surface area contributed by atoms with Crippen LogP contribution in [0.4, 0.5) is 0 Å². The molecule has 2 rings (SSSR count). The molecule has 0 aliphatic rings. The Kier molecular flexibility index (Phi) is 5.57. The largest absolute Gasteiger partial charge is 0.314 e. The van der Waals surface area contributed by atoms with Crippen LogP contribution in [0.3, 0.4) is 0 Å². The lowest BCUT2D eigenvalue weighted by atomic mass is 9.99. The second-order valence-electron chi connectivity index (χ2n) is 5.11. The van der Waals surface area contributed by atoms with Gasteiger partial charge >= 0.3 is 0 Å². The first-order chi connectivity index (χ1) is 9.69. The molecular formula is C17H21ClN2. The number of halogens is 1. The lowest BCUT2D eigenvalue weighted by Crippen LogP contribution is -2.33. The quantitative estimate of drug-likeness (QED) is 0.874. The summed E-state index contributed by atoms with van der Waals surface area (Å²) in [5, 5.41) is 4.41. The van der Waals surface area contributed by atoms with Crippen LogP contribution in [-0.4, -0.2) is 17.6 Å². The molecule has 0 saturated heterocycles. The van der Waals surface area contributed by atoms with E-state index in [1.54, 1.807) is 0 Å². The van der Waals surface area contributed by atoms with Crippen LogP contribution in [-0.2, 0) is 12.8 Å². The lowest BCUT2D eigenvalue weighted by molar-refractivity contribution is 0.521. The van der Waals surface area contributed by atoms with E-state index in [1.165, 1.54) is 16.7 Å². The average molecular weight is 289 g/mol. The van der Waals surface area contributed by atoms with Gasteiger partial charge in [0.05, 0.1) is 0 Å². The molecule has 0 bridgehead atoms. The molecule has 0 amide bonds. The smallest absolute Gasteiger partial charge is 0.0441 e. The molecule has 1 unspecified atom stereocenters. The highest BCUT2D eigenvalue weighted by Crippen LogP contribution is 2.20. The lowest BCUT2D eigenvalue weighted by Gasteiger charge is -2.19. The van der Waals surface area contributed by atoms with E-state index in [-0.39, 0.29) is 0 Å². The maximum atomic E-state index is 6.34. The van der Waals surface area contributed by atoms with Crippen molar-refractivity contribution in [3.05, 3.63) is 64.4 Å². The number of likely N-dealkylation sites (N-methyl/N-ethyl adjacent to an activating group) is 1. The Balaban J connectivity index is 2.09. The van der Waals surface area contributed by atoms with Crippen molar-refractivity contribution >= 4 is 11.6 Å². The SMILES string of the molecule is CCNC(Cc1ccncc1)Cc1ccc(C)cc1Cl. The summed E-state index contributed by atoms with van der Waals surface area (Å²) in [6.45, 7) is 5.16. The highest BCUT2D eigenvalue weighted by Gasteiger charge is 2.11. The van der Waals surface area contributed by atoms with Crippen molar-refractivity contribution < 1.29 is 0 Å². The Morgan fingerprint density at radius 2 is 1.90 bits per heavy atom. The van der Waals surface area contributed by atoms with Gasteiger partial charge in [-0.25, -0.2) is 0 Å². The van der Waals surface area contributed by atoms with Crippen LogP contribution >= 0.6 is 11.6 Å². The van der Waals surface area contributed by atoms with E-state index in [0.717, 1.165) is 24.4 Å². The number of benzene rings is 1. The van der Waals surface area contributed by atoms with Gasteiger partial charge in [-0.1, -0.05) is 30.7 Å². The highest BCUT2D eigenvalue weighted by atomic mass is 35.5. The maximum absolute atomic E-state index is 6.34. The van der Waals surface area contributed by atoms with E-state index in [1.807, 2.05) is 18.5 Å². The number of rotatable bonds is 6. The molecule has 2 aromatic rings. The predicted octanol–water partition coefficient (Wildman–Crippen LogP) is 3.81. The number of aromatic nitrogens is 1. The molecule has 0 spiro atoms. The summed E-state index contributed by atoms with van der Waals surface area (Å²) < 4.78 is 0. The number of pyridine rings is 1. The molecular weight excluding hydrogens is 268 g/mol. The fraction of sp³-hybridized carbons (Fsp3) is 0.353. The normalized spacial score (nSPS) is 12.3. The van der Waals surface area contributed by atoms with E-state index < -0.39 is 0 Å². The zero-order valence-electron chi connectivity index (χ0n) is 12.1. The second-order valence-corrected chi connectivity index (χ2v) is 5.52. The van der Waals surface area contributed by atoms with Gasteiger partial charge in [-0.3, -0.25) is 4.98 Å². The van der Waals surface area contributed by atoms with Crippen molar-refractivity contribution in [3.8, 4) is 0 Å². The van der Waals surface area contributed by atoms with Gasteiger partial charge in [0.2, 0.25) is 0 Å². The standard InChI is InChI=1S/C17H21ClN2/c1-3-20-16(11-14-6-8-19-9-7-14)12-15-5-4-13(2)10-17(15)18/h4-10,16,20H,3,11-12H2,1-2H3. The Morgan fingerprint density at radius 1 is 1.15 bits per heavy atom. The Labute approximate surface area is 126 Å². The van der Waals surface area contributed by atoms with Gasteiger partial charge in [0, 0.05) is 23.5 Å². The summed E-state index contributed by atoms with van der Waals surface area (Å²) >= 11 is 6.34. The average Bonchev–Trinajstić information content (AvgIpc) is 2.43. The van der Waals surface area contributed by atoms with Gasteiger partial charge in [0.25, 0.3) is 0 Å². The van der Waals surface area contributed by atoms with Gasteiger partial charge in [-0.15, -0.1) is 0 Å². The zero-order valence-corrected chi connectivity index (χ0v) is 12.8. The van der Waals surface area contributed by atoms with Gasteiger partial charge in [0.15, 0.2) is 0 Å². The number of nitrogens with one attached hydrogen (secondary N) is 1. The second kappa shape index (κ2) is 7.41. The minimum absolute atomic E-state index is 0.391. The third-order valence-electron chi connectivity index (χ3n) is 3.40. The molecule has 20 heavy (non-hydrogen) atoms. The van der Waals surface area contributed by atoms with Crippen LogP contribution in [0.2, 0.25) is 5.02 Å². The molecule has 0 radical (unpaired) electrons. The summed E-state index contributed by atoms with van der Waals surface area (Å²) in [5.74, 6) is 0. The molecule has 1 aromatic carbocycles. The number of hydrogen-bond acceptors (Lipinski definition) is 2. The number of aryl methyl sites for hydroxylation is 1. The van der Waals surface area contributed by atoms with Crippen LogP contribution in [0, 0.1) is 6.92 Å². The minimum Gasteiger partial charge on any atom is -0.314 e. The number of nitrogens with zero attached hydrogens (tertiary/aromatic N) is 1. The molecule has 0 saturated carbocycles. The topological polar surface area (TPSA) is 24.9 Å². The highest BCUT2D eigenvalue weighted by molar-refractivity contribution is 6.31. The molecule has 0 fully saturated rings. The third kappa shape index (κ3) is 4.32. The van der Waals surface area contributed by atoms with Crippen LogP contribution < -0.4 is 5.32 Å². The van der Waals surface area contributed by atoms with Crippen molar-refractivity contribution in [2.75, 3.05) is 6.54 Å². The van der Waals surface area contributed by atoms with E-state index >= 15 is 0 Å². The maximum Gasteiger partial charge on any atom is 0.0441 e. The Hall–Kier alpha value is -1.38. The van der Waals surface area contributed by atoms with Crippen LogP contribution in [0.1, 0.15) is 23.6 Å². The van der Waals surface area contributed by atoms with Crippen molar-refractivity contribution in [3.63, 3.8) is 0 Å². The molecule has 2 nitrogen and oxygen atoms in total. The summed E-state index contributed by atoms with van der Waals surface area (Å²) in [5.41, 5.74) is 3.71. The molecule has 3 heteroatoms. The predicted molar refractivity (Wildman–Crippen MR) is 85.3 cm³/mol. The Bertz CT molecular complexity index is 540. The van der Waals surface area contributed by atoms with Crippen LogP contribution in [0.25, 0.3) is 0 Å². The van der Waals surface area contributed by atoms with E-state index in [4.69, 9.17) is 11.6 Å². The van der Waals surface area contributed by atoms with Crippen LogP contribution in [0.15, 0.2) is 42.7 Å². The summed E-state index contributed by atoms with van der Waals surface area (Å²) in [7, 11) is 0. The summed E-state index contributed by atoms with van der Waals surface area (Å²) in [6.07, 6.45) is 5.62. The Morgan fingerprint density at radius 3 is 2.55 bits per heavy atom. The fourth-order valence-corrected chi connectivity index (χ4v) is 2.70. The zero-order chi connectivity index (χ0) is 14.4. The first kappa shape index (κ1) is 15.0. The van der Waals surface area contributed by atoms with Crippen molar-refractivity contribution in [1.82, 2.24) is 10.3 Å². The summed E-state index contributed by atoms with van der Waals surface area (Å²) in [6, 6.07) is 10.8. The van der Waals surface area contributed by atoms with Gasteiger partial charge < -0.3 is 5.32 Å². The first-order valence-electron chi connectivity index (χ1n) is 7.06. The number of hydrogen-bond donors (Lipinski definition) is 1. The van der Waals surface area contributed by atoms with Gasteiger partial charge in [0.1, 0.15) is 0 Å². The molecule has 0 aliphatic carbocycles.